The van der Waals surface area contributed by atoms with Crippen LogP contribution in [0.2, 0.25) is 0 Å². The Bertz CT molecular complexity index is 662. The average molecular weight is 390 g/mol. The first-order valence-corrected chi connectivity index (χ1v) is 10.1. The molecule has 1 aromatic carbocycles. The van der Waals surface area contributed by atoms with Crippen LogP contribution in [0.25, 0.3) is 0 Å². The molecule has 2 unspecified atom stereocenters. The molecule has 8 heteroatoms. The molecule has 1 heterocycles. The SMILES string of the molecule is CCCS(=O)(=O)Nc1ccc(C(=O)N2CCCC(C(C)N)C2)cc1.Cl. The van der Waals surface area contributed by atoms with Crippen LogP contribution in [-0.4, -0.2) is 44.1 Å². The summed E-state index contributed by atoms with van der Waals surface area (Å²) in [5, 5.41) is 0. The molecule has 1 saturated heterocycles. The minimum atomic E-state index is -3.31. The number of nitrogens with zero attached hydrogens (tertiary/aromatic N) is 1. The van der Waals surface area contributed by atoms with E-state index in [0.717, 1.165) is 19.4 Å². The fourth-order valence-electron chi connectivity index (χ4n) is 2.99. The normalized spacial score (nSPS) is 19.0. The van der Waals surface area contributed by atoms with Gasteiger partial charge in [0.1, 0.15) is 0 Å². The maximum atomic E-state index is 12.6. The van der Waals surface area contributed by atoms with Crippen molar-refractivity contribution in [2.24, 2.45) is 11.7 Å². The zero-order chi connectivity index (χ0) is 17.7. The van der Waals surface area contributed by atoms with Crippen LogP contribution in [-0.2, 0) is 10.0 Å². The molecule has 0 radical (unpaired) electrons. The van der Waals surface area contributed by atoms with Gasteiger partial charge in [-0.25, -0.2) is 8.42 Å². The summed E-state index contributed by atoms with van der Waals surface area (Å²) < 4.78 is 26.1. The van der Waals surface area contributed by atoms with Crippen molar-refractivity contribution in [2.45, 2.75) is 39.2 Å². The predicted octanol–water partition coefficient (Wildman–Crippen LogP) is 2.46. The summed E-state index contributed by atoms with van der Waals surface area (Å²) in [6.45, 7) is 5.22. The molecular weight excluding hydrogens is 362 g/mol. The lowest BCUT2D eigenvalue weighted by molar-refractivity contribution is 0.0661. The van der Waals surface area contributed by atoms with E-state index in [1.165, 1.54) is 0 Å². The number of anilines is 1. The summed E-state index contributed by atoms with van der Waals surface area (Å²) >= 11 is 0. The van der Waals surface area contributed by atoms with Crippen LogP contribution in [0.4, 0.5) is 5.69 Å². The lowest BCUT2D eigenvalue weighted by Gasteiger charge is -2.34. The van der Waals surface area contributed by atoms with Gasteiger partial charge in [0.05, 0.1) is 5.75 Å². The smallest absolute Gasteiger partial charge is 0.253 e. The predicted molar refractivity (Wildman–Crippen MR) is 104 cm³/mol. The molecule has 6 nitrogen and oxygen atoms in total. The van der Waals surface area contributed by atoms with Crippen molar-refractivity contribution in [2.75, 3.05) is 23.6 Å². The highest BCUT2D eigenvalue weighted by Gasteiger charge is 2.26. The first-order valence-electron chi connectivity index (χ1n) is 8.48. The van der Waals surface area contributed by atoms with E-state index in [4.69, 9.17) is 5.73 Å². The Kier molecular flexibility index (Phi) is 8.18. The number of carbonyl (C=O) groups excluding carboxylic acids is 1. The van der Waals surface area contributed by atoms with Gasteiger partial charge in [0.2, 0.25) is 10.0 Å². The summed E-state index contributed by atoms with van der Waals surface area (Å²) in [6, 6.07) is 6.68. The van der Waals surface area contributed by atoms with Gasteiger partial charge < -0.3 is 10.6 Å². The van der Waals surface area contributed by atoms with E-state index in [2.05, 4.69) is 4.72 Å². The molecule has 2 rings (SSSR count). The van der Waals surface area contributed by atoms with Gasteiger partial charge in [0.25, 0.3) is 5.91 Å². The highest BCUT2D eigenvalue weighted by Crippen LogP contribution is 2.21. The number of hydrogen-bond donors (Lipinski definition) is 2. The van der Waals surface area contributed by atoms with E-state index in [-0.39, 0.29) is 30.1 Å². The molecule has 2 atom stereocenters. The number of benzene rings is 1. The zero-order valence-corrected chi connectivity index (χ0v) is 16.4. The number of amides is 1. The number of nitrogens with two attached hydrogens (primary N) is 1. The molecule has 1 fully saturated rings. The second kappa shape index (κ2) is 9.40. The van der Waals surface area contributed by atoms with Crippen molar-refractivity contribution in [1.82, 2.24) is 4.90 Å². The van der Waals surface area contributed by atoms with Gasteiger partial charge in [0, 0.05) is 30.4 Å². The largest absolute Gasteiger partial charge is 0.338 e. The second-order valence-electron chi connectivity index (χ2n) is 6.51. The first-order chi connectivity index (χ1) is 11.3. The highest BCUT2D eigenvalue weighted by atomic mass is 35.5. The van der Waals surface area contributed by atoms with Crippen molar-refractivity contribution in [3.8, 4) is 0 Å². The second-order valence-corrected chi connectivity index (χ2v) is 8.35. The van der Waals surface area contributed by atoms with E-state index in [0.29, 0.717) is 30.1 Å². The van der Waals surface area contributed by atoms with Crippen LogP contribution < -0.4 is 10.5 Å². The van der Waals surface area contributed by atoms with Crippen LogP contribution >= 0.6 is 12.4 Å². The highest BCUT2D eigenvalue weighted by molar-refractivity contribution is 7.92. The van der Waals surface area contributed by atoms with Crippen LogP contribution in [0.5, 0.6) is 0 Å². The number of carbonyl (C=O) groups is 1. The Hall–Kier alpha value is -1.31. The van der Waals surface area contributed by atoms with Crippen LogP contribution in [0.15, 0.2) is 24.3 Å². The molecule has 1 aliphatic rings. The fraction of sp³-hybridized carbons (Fsp3) is 0.588. The van der Waals surface area contributed by atoms with Gasteiger partial charge in [-0.2, -0.15) is 0 Å². The number of nitrogens with one attached hydrogen (secondary N) is 1. The van der Waals surface area contributed by atoms with E-state index in [9.17, 15) is 13.2 Å². The van der Waals surface area contributed by atoms with Crippen LogP contribution in [0, 0.1) is 5.92 Å². The number of halogens is 1. The minimum Gasteiger partial charge on any atom is -0.338 e. The average Bonchev–Trinajstić information content (AvgIpc) is 2.54. The number of hydrogen-bond acceptors (Lipinski definition) is 4. The fourth-order valence-corrected chi connectivity index (χ4v) is 4.12. The third-order valence-electron chi connectivity index (χ3n) is 4.37. The molecule has 0 spiro atoms. The van der Waals surface area contributed by atoms with Gasteiger partial charge in [-0.05, 0) is 56.4 Å². The maximum absolute atomic E-state index is 12.6. The van der Waals surface area contributed by atoms with Gasteiger partial charge in [0.15, 0.2) is 0 Å². The summed E-state index contributed by atoms with van der Waals surface area (Å²) in [7, 11) is -3.31. The number of rotatable bonds is 6. The van der Waals surface area contributed by atoms with Crippen LogP contribution in [0.1, 0.15) is 43.5 Å². The third-order valence-corrected chi connectivity index (χ3v) is 5.86. The molecule has 1 aliphatic heterocycles. The summed E-state index contributed by atoms with van der Waals surface area (Å²) in [5.41, 5.74) is 7.02. The maximum Gasteiger partial charge on any atom is 0.253 e. The van der Waals surface area contributed by atoms with Gasteiger partial charge in [-0.15, -0.1) is 12.4 Å². The summed E-state index contributed by atoms with van der Waals surface area (Å²) in [4.78, 5) is 14.5. The Morgan fingerprint density at radius 3 is 2.56 bits per heavy atom. The Morgan fingerprint density at radius 1 is 1.36 bits per heavy atom. The molecule has 0 aliphatic carbocycles. The van der Waals surface area contributed by atoms with E-state index in [1.807, 2.05) is 18.7 Å². The topological polar surface area (TPSA) is 92.5 Å². The first kappa shape index (κ1) is 21.7. The quantitative estimate of drug-likeness (QED) is 0.781. The zero-order valence-electron chi connectivity index (χ0n) is 14.8. The van der Waals surface area contributed by atoms with Crippen molar-refractivity contribution in [3.63, 3.8) is 0 Å². The van der Waals surface area contributed by atoms with Gasteiger partial charge >= 0.3 is 0 Å². The lowest BCUT2D eigenvalue weighted by Crippen LogP contribution is -2.45. The van der Waals surface area contributed by atoms with Gasteiger partial charge in [-0.3, -0.25) is 9.52 Å². The van der Waals surface area contributed by atoms with E-state index < -0.39 is 10.0 Å². The molecule has 0 saturated carbocycles. The third kappa shape index (κ3) is 6.17. The van der Waals surface area contributed by atoms with Crippen molar-refractivity contribution in [1.29, 1.82) is 0 Å². The van der Waals surface area contributed by atoms with E-state index in [1.54, 1.807) is 24.3 Å². The molecule has 25 heavy (non-hydrogen) atoms. The van der Waals surface area contributed by atoms with Crippen molar-refractivity contribution < 1.29 is 13.2 Å². The monoisotopic (exact) mass is 389 g/mol. The Balaban J connectivity index is 0.00000312. The minimum absolute atomic E-state index is 0. The molecule has 0 bridgehead atoms. The van der Waals surface area contributed by atoms with Crippen molar-refractivity contribution >= 4 is 34.0 Å². The lowest BCUT2D eigenvalue weighted by atomic mass is 9.92. The molecule has 1 aromatic rings. The standard InChI is InChI=1S/C17H27N3O3S.ClH/c1-3-11-24(22,23)19-16-8-6-14(7-9-16)17(21)20-10-4-5-15(12-20)13(2)18;/h6-9,13,15,19H,3-5,10-12,18H2,1-2H3;1H. The molecule has 0 aromatic heterocycles. The Labute approximate surface area is 156 Å². The van der Waals surface area contributed by atoms with Crippen molar-refractivity contribution in [3.05, 3.63) is 29.8 Å². The molecule has 142 valence electrons. The molecule has 1 amide bonds. The number of likely N-dealkylation sites (tertiary alicyclic amines) is 1. The summed E-state index contributed by atoms with van der Waals surface area (Å²) in [6.07, 6.45) is 2.58. The molecular formula is C17H28ClN3O3S. The van der Waals surface area contributed by atoms with Gasteiger partial charge in [-0.1, -0.05) is 6.92 Å². The number of piperidine rings is 1. The molecule has 3 N–H and O–H groups in total. The number of sulfonamides is 1. The Morgan fingerprint density at radius 2 is 2.00 bits per heavy atom. The summed E-state index contributed by atoms with van der Waals surface area (Å²) in [5.74, 6) is 0.395. The van der Waals surface area contributed by atoms with Crippen LogP contribution in [0.3, 0.4) is 0 Å². The van der Waals surface area contributed by atoms with E-state index >= 15 is 0 Å².